The standard InChI is InChI=1S/C25H27N7O3/c1-5-22(33)30-19-8-6-7-17(11-19)18-12-27-23(28-13-18)16(4)29-24-26-10-9-21(31-24)32-20(15(2)3)14-35-25(32)34/h5-13,15-16,20H,1,14H2,2-4H3,(H,30,33)(H,26,29,31)/t16?,20-/m1/s1. The Hall–Kier alpha value is -4.34. The summed E-state index contributed by atoms with van der Waals surface area (Å²) in [5.74, 6) is 1.34. The smallest absolute Gasteiger partial charge is 0.415 e. The molecule has 1 unspecified atom stereocenters. The summed E-state index contributed by atoms with van der Waals surface area (Å²) in [6, 6.07) is 8.72. The minimum Gasteiger partial charge on any atom is -0.447 e. The van der Waals surface area contributed by atoms with Gasteiger partial charge in [-0.25, -0.2) is 19.7 Å². The summed E-state index contributed by atoms with van der Waals surface area (Å²) in [7, 11) is 0. The summed E-state index contributed by atoms with van der Waals surface area (Å²) in [6.07, 6.45) is 5.85. The third-order valence-corrected chi connectivity index (χ3v) is 5.62. The van der Waals surface area contributed by atoms with E-state index in [9.17, 15) is 9.59 Å². The van der Waals surface area contributed by atoms with Crippen LogP contribution in [-0.2, 0) is 9.53 Å². The maximum atomic E-state index is 12.3. The Labute approximate surface area is 203 Å². The number of ether oxygens (including phenoxy) is 1. The Morgan fingerprint density at radius 2 is 1.94 bits per heavy atom. The number of cyclic esters (lactones) is 1. The lowest BCUT2D eigenvalue weighted by Gasteiger charge is -2.23. The predicted molar refractivity (Wildman–Crippen MR) is 133 cm³/mol. The summed E-state index contributed by atoms with van der Waals surface area (Å²) in [6.45, 7) is 9.78. The lowest BCUT2D eigenvalue weighted by Crippen LogP contribution is -2.37. The number of aromatic nitrogens is 4. The van der Waals surface area contributed by atoms with Crippen molar-refractivity contribution in [2.75, 3.05) is 22.1 Å². The second-order valence-corrected chi connectivity index (χ2v) is 8.47. The van der Waals surface area contributed by atoms with Crippen LogP contribution in [0.1, 0.15) is 32.6 Å². The van der Waals surface area contributed by atoms with Crippen LogP contribution in [-0.4, -0.2) is 44.6 Å². The van der Waals surface area contributed by atoms with Crippen LogP contribution in [0.5, 0.6) is 0 Å². The van der Waals surface area contributed by atoms with Crippen molar-refractivity contribution in [2.24, 2.45) is 5.92 Å². The van der Waals surface area contributed by atoms with E-state index < -0.39 is 6.09 Å². The molecule has 10 heteroatoms. The van der Waals surface area contributed by atoms with E-state index in [0.717, 1.165) is 11.1 Å². The number of anilines is 3. The van der Waals surface area contributed by atoms with Gasteiger partial charge in [-0.3, -0.25) is 9.69 Å². The van der Waals surface area contributed by atoms with Gasteiger partial charge in [0.15, 0.2) is 0 Å². The second kappa shape index (κ2) is 10.3. The number of amides is 2. The average molecular weight is 474 g/mol. The molecule has 2 N–H and O–H groups in total. The van der Waals surface area contributed by atoms with Gasteiger partial charge in [-0.15, -0.1) is 0 Å². The molecule has 3 heterocycles. The number of hydrogen-bond donors (Lipinski definition) is 2. The summed E-state index contributed by atoms with van der Waals surface area (Å²) in [4.78, 5) is 43.2. The molecule has 0 saturated carbocycles. The van der Waals surface area contributed by atoms with Gasteiger partial charge in [-0.2, -0.15) is 4.98 Å². The second-order valence-electron chi connectivity index (χ2n) is 8.47. The molecule has 1 fully saturated rings. The highest BCUT2D eigenvalue weighted by molar-refractivity contribution is 5.99. The van der Waals surface area contributed by atoms with Crippen LogP contribution >= 0.6 is 0 Å². The first-order valence-electron chi connectivity index (χ1n) is 11.3. The van der Waals surface area contributed by atoms with Crippen LogP contribution in [0.4, 0.5) is 22.2 Å². The molecule has 10 nitrogen and oxygen atoms in total. The zero-order valence-electron chi connectivity index (χ0n) is 19.8. The number of nitrogens with one attached hydrogen (secondary N) is 2. The number of nitrogens with zero attached hydrogens (tertiary/aromatic N) is 5. The fourth-order valence-corrected chi connectivity index (χ4v) is 3.68. The van der Waals surface area contributed by atoms with Gasteiger partial charge in [0.25, 0.3) is 0 Å². The van der Waals surface area contributed by atoms with Crippen LogP contribution in [0.2, 0.25) is 0 Å². The molecule has 2 amide bonds. The van der Waals surface area contributed by atoms with Crippen molar-refractivity contribution in [3.63, 3.8) is 0 Å². The highest BCUT2D eigenvalue weighted by atomic mass is 16.6. The molecule has 35 heavy (non-hydrogen) atoms. The summed E-state index contributed by atoms with van der Waals surface area (Å²) in [5, 5.41) is 5.94. The number of benzene rings is 1. The van der Waals surface area contributed by atoms with Crippen molar-refractivity contribution < 1.29 is 14.3 Å². The molecule has 2 atom stereocenters. The molecule has 4 rings (SSSR count). The molecule has 0 aliphatic carbocycles. The molecule has 0 bridgehead atoms. The first kappa shape index (κ1) is 23.8. The Morgan fingerprint density at radius 3 is 2.66 bits per heavy atom. The van der Waals surface area contributed by atoms with Gasteiger partial charge >= 0.3 is 6.09 Å². The fraction of sp³-hybridized carbons (Fsp3) is 0.280. The number of carbonyl (C=O) groups is 2. The van der Waals surface area contributed by atoms with E-state index in [4.69, 9.17) is 4.74 Å². The van der Waals surface area contributed by atoms with Gasteiger partial charge in [0, 0.05) is 29.8 Å². The summed E-state index contributed by atoms with van der Waals surface area (Å²) >= 11 is 0. The molecule has 180 valence electrons. The largest absolute Gasteiger partial charge is 0.447 e. The molecular weight excluding hydrogens is 446 g/mol. The monoisotopic (exact) mass is 473 g/mol. The van der Waals surface area contributed by atoms with Gasteiger partial charge < -0.3 is 15.4 Å². The van der Waals surface area contributed by atoms with E-state index in [2.05, 4.69) is 37.1 Å². The van der Waals surface area contributed by atoms with Crippen LogP contribution < -0.4 is 15.5 Å². The van der Waals surface area contributed by atoms with Crippen molar-refractivity contribution >= 4 is 29.5 Å². The van der Waals surface area contributed by atoms with E-state index in [0.29, 0.717) is 29.9 Å². The lowest BCUT2D eigenvalue weighted by atomic mass is 10.0. The Balaban J connectivity index is 1.47. The molecule has 1 saturated heterocycles. The maximum absolute atomic E-state index is 12.3. The number of hydrogen-bond acceptors (Lipinski definition) is 8. The van der Waals surface area contributed by atoms with E-state index in [1.807, 2.05) is 39.0 Å². The van der Waals surface area contributed by atoms with E-state index in [1.165, 1.54) is 6.08 Å². The minimum absolute atomic E-state index is 0.0813. The third-order valence-electron chi connectivity index (χ3n) is 5.62. The zero-order valence-corrected chi connectivity index (χ0v) is 19.8. The third kappa shape index (κ3) is 5.43. The topological polar surface area (TPSA) is 122 Å². The average Bonchev–Trinajstić information content (AvgIpc) is 3.26. The normalized spacial score (nSPS) is 16.1. The first-order chi connectivity index (χ1) is 16.9. The molecular formula is C25H27N7O3. The molecule has 1 aliphatic heterocycles. The van der Waals surface area contributed by atoms with Crippen LogP contribution in [0.3, 0.4) is 0 Å². The Kier molecular flexibility index (Phi) is 7.00. The first-order valence-corrected chi connectivity index (χ1v) is 11.3. The highest BCUT2D eigenvalue weighted by Crippen LogP contribution is 2.27. The van der Waals surface area contributed by atoms with Crippen molar-refractivity contribution in [2.45, 2.75) is 32.9 Å². The van der Waals surface area contributed by atoms with Crippen molar-refractivity contribution in [3.05, 3.63) is 67.4 Å². The van der Waals surface area contributed by atoms with Crippen LogP contribution in [0.15, 0.2) is 61.6 Å². The lowest BCUT2D eigenvalue weighted by molar-refractivity contribution is -0.111. The van der Waals surface area contributed by atoms with Crippen molar-refractivity contribution in [1.82, 2.24) is 19.9 Å². The van der Waals surface area contributed by atoms with Crippen LogP contribution in [0, 0.1) is 5.92 Å². The van der Waals surface area contributed by atoms with E-state index >= 15 is 0 Å². The van der Waals surface area contributed by atoms with E-state index in [-0.39, 0.29) is 23.9 Å². The van der Waals surface area contributed by atoms with Crippen molar-refractivity contribution in [3.8, 4) is 11.1 Å². The number of carbonyl (C=O) groups excluding carboxylic acids is 2. The van der Waals surface area contributed by atoms with Crippen molar-refractivity contribution in [1.29, 1.82) is 0 Å². The zero-order chi connectivity index (χ0) is 24.9. The van der Waals surface area contributed by atoms with Gasteiger partial charge in [0.05, 0.1) is 12.1 Å². The Bertz CT molecular complexity index is 1230. The fourth-order valence-electron chi connectivity index (χ4n) is 3.68. The highest BCUT2D eigenvalue weighted by Gasteiger charge is 2.37. The molecule has 3 aromatic rings. The number of rotatable bonds is 8. The molecule has 2 aromatic heterocycles. The van der Waals surface area contributed by atoms with E-state index in [1.54, 1.807) is 35.6 Å². The summed E-state index contributed by atoms with van der Waals surface area (Å²) in [5.41, 5.74) is 2.33. The minimum atomic E-state index is -0.409. The van der Waals surface area contributed by atoms with Gasteiger partial charge in [-0.1, -0.05) is 32.6 Å². The summed E-state index contributed by atoms with van der Waals surface area (Å²) < 4.78 is 5.22. The van der Waals surface area contributed by atoms with Crippen LogP contribution in [0.25, 0.3) is 11.1 Å². The predicted octanol–water partition coefficient (Wildman–Crippen LogP) is 4.21. The molecule has 0 spiro atoms. The Morgan fingerprint density at radius 1 is 1.17 bits per heavy atom. The van der Waals surface area contributed by atoms with Gasteiger partial charge in [0.1, 0.15) is 18.2 Å². The molecule has 0 radical (unpaired) electrons. The van der Waals surface area contributed by atoms with Gasteiger partial charge in [0.2, 0.25) is 11.9 Å². The van der Waals surface area contributed by atoms with Gasteiger partial charge in [-0.05, 0) is 42.7 Å². The molecule has 1 aromatic carbocycles. The maximum Gasteiger partial charge on any atom is 0.415 e. The molecule has 1 aliphatic rings. The SMILES string of the molecule is C=CC(=O)Nc1cccc(-c2cnc(C(C)Nc3nccc(N4C(=O)OC[C@@H]4C(C)C)n3)nc2)c1. The quantitative estimate of drug-likeness (QED) is 0.467.